The van der Waals surface area contributed by atoms with Crippen molar-refractivity contribution in [1.29, 1.82) is 0 Å². The van der Waals surface area contributed by atoms with Crippen LogP contribution < -0.4 is 10.1 Å². The molecule has 1 heterocycles. The lowest BCUT2D eigenvalue weighted by Crippen LogP contribution is -2.23. The number of carbonyl (C=O) groups is 1. The Bertz CT molecular complexity index is 700. The number of rotatable bonds is 6. The number of aryl methyl sites for hydroxylation is 2. The maximum atomic E-state index is 11.9. The number of hydrogen-bond donors (Lipinski definition) is 1. The Kier molecular flexibility index (Phi) is 5.57. The van der Waals surface area contributed by atoms with Gasteiger partial charge in [-0.05, 0) is 49.6 Å². The molecular weight excluding hydrogens is 290 g/mol. The van der Waals surface area contributed by atoms with Crippen molar-refractivity contribution in [3.05, 3.63) is 52.9 Å². The van der Waals surface area contributed by atoms with E-state index in [1.807, 2.05) is 49.8 Å². The van der Waals surface area contributed by atoms with E-state index in [1.165, 1.54) is 5.56 Å². The van der Waals surface area contributed by atoms with E-state index >= 15 is 0 Å². The van der Waals surface area contributed by atoms with Crippen molar-refractivity contribution >= 4 is 12.0 Å². The minimum absolute atomic E-state index is 0.0972. The summed E-state index contributed by atoms with van der Waals surface area (Å²) >= 11 is 0. The molecule has 0 aliphatic rings. The zero-order valence-electron chi connectivity index (χ0n) is 14.1. The van der Waals surface area contributed by atoms with Crippen LogP contribution in [0.15, 0.2) is 30.3 Å². The number of benzene rings is 1. The Morgan fingerprint density at radius 3 is 2.57 bits per heavy atom. The smallest absolute Gasteiger partial charge is 0.244 e. The molecule has 2 aromatic rings. The fourth-order valence-electron chi connectivity index (χ4n) is 2.44. The molecule has 1 amide bonds. The van der Waals surface area contributed by atoms with Crippen LogP contribution in [0, 0.1) is 13.8 Å². The highest BCUT2D eigenvalue weighted by molar-refractivity contribution is 5.91. The largest absolute Gasteiger partial charge is 0.497 e. The van der Waals surface area contributed by atoms with Crippen molar-refractivity contribution in [2.24, 2.45) is 7.05 Å². The van der Waals surface area contributed by atoms with Gasteiger partial charge in [-0.2, -0.15) is 5.10 Å². The molecule has 2 rings (SSSR count). The molecule has 0 aliphatic carbocycles. The summed E-state index contributed by atoms with van der Waals surface area (Å²) in [6.45, 7) is 4.63. The maximum absolute atomic E-state index is 11.9. The van der Waals surface area contributed by atoms with Gasteiger partial charge in [-0.1, -0.05) is 12.1 Å². The average molecular weight is 313 g/mol. The first kappa shape index (κ1) is 16.8. The molecule has 5 nitrogen and oxygen atoms in total. The zero-order chi connectivity index (χ0) is 16.8. The average Bonchev–Trinajstić information content (AvgIpc) is 2.79. The summed E-state index contributed by atoms with van der Waals surface area (Å²) in [7, 11) is 3.56. The standard InChI is InChI=1S/C18H23N3O2/c1-13-17(14(2)21(3)20-13)11-12-19-18(22)10-7-15-5-8-16(23-4)9-6-15/h5-10H,11-12H2,1-4H3,(H,19,22)/b10-7+. The van der Waals surface area contributed by atoms with Crippen LogP contribution in [-0.2, 0) is 18.3 Å². The van der Waals surface area contributed by atoms with Crippen LogP contribution in [0.1, 0.15) is 22.5 Å². The number of hydrogen-bond acceptors (Lipinski definition) is 3. The summed E-state index contributed by atoms with van der Waals surface area (Å²) in [5.41, 5.74) is 4.32. The summed E-state index contributed by atoms with van der Waals surface area (Å²) < 4.78 is 6.97. The van der Waals surface area contributed by atoms with E-state index in [1.54, 1.807) is 19.3 Å². The fourth-order valence-corrected chi connectivity index (χ4v) is 2.44. The third-order valence-corrected chi connectivity index (χ3v) is 3.88. The van der Waals surface area contributed by atoms with E-state index in [0.717, 1.165) is 29.1 Å². The Morgan fingerprint density at radius 2 is 2.00 bits per heavy atom. The first-order valence-electron chi connectivity index (χ1n) is 7.60. The van der Waals surface area contributed by atoms with Gasteiger partial charge in [-0.15, -0.1) is 0 Å². The normalized spacial score (nSPS) is 11.0. The molecule has 1 aromatic heterocycles. The fraction of sp³-hybridized carbons (Fsp3) is 0.333. The van der Waals surface area contributed by atoms with E-state index in [9.17, 15) is 4.79 Å². The van der Waals surface area contributed by atoms with Gasteiger partial charge < -0.3 is 10.1 Å². The number of methoxy groups -OCH3 is 1. The lowest BCUT2D eigenvalue weighted by Gasteiger charge is -2.03. The SMILES string of the molecule is COc1ccc(/C=C/C(=O)NCCc2c(C)nn(C)c2C)cc1. The van der Waals surface area contributed by atoms with Gasteiger partial charge in [0.25, 0.3) is 0 Å². The summed E-state index contributed by atoms with van der Waals surface area (Å²) in [6.07, 6.45) is 4.12. The highest BCUT2D eigenvalue weighted by Crippen LogP contribution is 2.13. The Hall–Kier alpha value is -2.56. The molecule has 0 aliphatic heterocycles. The van der Waals surface area contributed by atoms with Crippen molar-refractivity contribution in [3.63, 3.8) is 0 Å². The second kappa shape index (κ2) is 7.63. The molecule has 0 unspecified atom stereocenters. The summed E-state index contributed by atoms with van der Waals surface area (Å²) in [5, 5.41) is 7.28. The van der Waals surface area contributed by atoms with Gasteiger partial charge in [0.05, 0.1) is 12.8 Å². The van der Waals surface area contributed by atoms with E-state index in [-0.39, 0.29) is 5.91 Å². The summed E-state index contributed by atoms with van der Waals surface area (Å²) in [4.78, 5) is 11.9. The lowest BCUT2D eigenvalue weighted by molar-refractivity contribution is -0.116. The number of carbonyl (C=O) groups excluding carboxylic acids is 1. The third kappa shape index (κ3) is 4.45. The molecule has 0 radical (unpaired) electrons. The molecule has 0 saturated carbocycles. The highest BCUT2D eigenvalue weighted by Gasteiger charge is 2.08. The molecule has 1 N–H and O–H groups in total. The minimum atomic E-state index is -0.0972. The Balaban J connectivity index is 1.83. The molecule has 122 valence electrons. The molecule has 23 heavy (non-hydrogen) atoms. The first-order valence-corrected chi connectivity index (χ1v) is 7.60. The van der Waals surface area contributed by atoms with E-state index < -0.39 is 0 Å². The zero-order valence-corrected chi connectivity index (χ0v) is 14.1. The molecule has 5 heteroatoms. The van der Waals surface area contributed by atoms with Crippen LogP contribution in [0.3, 0.4) is 0 Å². The van der Waals surface area contributed by atoms with Gasteiger partial charge >= 0.3 is 0 Å². The topological polar surface area (TPSA) is 56.1 Å². The summed E-state index contributed by atoms with van der Waals surface area (Å²) in [6, 6.07) is 7.55. The second-order valence-electron chi connectivity index (χ2n) is 5.42. The van der Waals surface area contributed by atoms with Gasteiger partial charge in [-0.25, -0.2) is 0 Å². The van der Waals surface area contributed by atoms with E-state index in [2.05, 4.69) is 10.4 Å². The first-order chi connectivity index (χ1) is 11.0. The molecule has 0 fully saturated rings. The molecule has 1 aromatic carbocycles. The Labute approximate surface area is 137 Å². The number of aromatic nitrogens is 2. The van der Waals surface area contributed by atoms with Gasteiger partial charge in [0, 0.05) is 25.4 Å². The van der Waals surface area contributed by atoms with Gasteiger partial charge in [0.2, 0.25) is 5.91 Å². The highest BCUT2D eigenvalue weighted by atomic mass is 16.5. The van der Waals surface area contributed by atoms with Crippen LogP contribution in [0.5, 0.6) is 5.75 Å². The molecule has 0 saturated heterocycles. The predicted octanol–water partition coefficient (Wildman–Crippen LogP) is 2.42. The Morgan fingerprint density at radius 1 is 1.30 bits per heavy atom. The predicted molar refractivity (Wildman–Crippen MR) is 91.4 cm³/mol. The van der Waals surface area contributed by atoms with Crippen LogP contribution in [0.25, 0.3) is 6.08 Å². The van der Waals surface area contributed by atoms with E-state index in [0.29, 0.717) is 6.54 Å². The molecule has 0 bridgehead atoms. The number of nitrogens with zero attached hydrogens (tertiary/aromatic N) is 2. The quantitative estimate of drug-likeness (QED) is 0.833. The van der Waals surface area contributed by atoms with Crippen molar-refractivity contribution in [2.45, 2.75) is 20.3 Å². The molecular formula is C18H23N3O2. The van der Waals surface area contributed by atoms with Crippen molar-refractivity contribution < 1.29 is 9.53 Å². The second-order valence-corrected chi connectivity index (χ2v) is 5.42. The van der Waals surface area contributed by atoms with Crippen LogP contribution in [-0.4, -0.2) is 29.3 Å². The summed E-state index contributed by atoms with van der Waals surface area (Å²) in [5.74, 6) is 0.703. The van der Waals surface area contributed by atoms with Crippen molar-refractivity contribution in [3.8, 4) is 5.75 Å². The van der Waals surface area contributed by atoms with Crippen molar-refractivity contribution in [2.75, 3.05) is 13.7 Å². The van der Waals surface area contributed by atoms with Crippen molar-refractivity contribution in [1.82, 2.24) is 15.1 Å². The number of amides is 1. The monoisotopic (exact) mass is 313 g/mol. The van der Waals surface area contributed by atoms with E-state index in [4.69, 9.17) is 4.74 Å². The maximum Gasteiger partial charge on any atom is 0.244 e. The van der Waals surface area contributed by atoms with Crippen LogP contribution >= 0.6 is 0 Å². The van der Waals surface area contributed by atoms with Gasteiger partial charge in [0.1, 0.15) is 5.75 Å². The molecule has 0 atom stereocenters. The number of nitrogens with one attached hydrogen (secondary N) is 1. The minimum Gasteiger partial charge on any atom is -0.497 e. The van der Waals surface area contributed by atoms with Gasteiger partial charge in [-0.3, -0.25) is 9.48 Å². The van der Waals surface area contributed by atoms with Crippen LogP contribution in [0.4, 0.5) is 0 Å². The van der Waals surface area contributed by atoms with Gasteiger partial charge in [0.15, 0.2) is 0 Å². The third-order valence-electron chi connectivity index (χ3n) is 3.88. The lowest BCUT2D eigenvalue weighted by atomic mass is 10.1. The number of ether oxygens (including phenoxy) is 1. The van der Waals surface area contributed by atoms with Crippen LogP contribution in [0.2, 0.25) is 0 Å². The molecule has 0 spiro atoms.